The van der Waals surface area contributed by atoms with Crippen LogP contribution >= 0.6 is 0 Å². The van der Waals surface area contributed by atoms with E-state index < -0.39 is 15.9 Å². The second kappa shape index (κ2) is 7.38. The normalized spacial score (nSPS) is 12.6. The summed E-state index contributed by atoms with van der Waals surface area (Å²) in [5, 5.41) is 0. The first-order chi connectivity index (χ1) is 13.4. The van der Waals surface area contributed by atoms with Crippen molar-refractivity contribution in [3.05, 3.63) is 52.2 Å². The van der Waals surface area contributed by atoms with Crippen molar-refractivity contribution in [2.75, 3.05) is 6.26 Å². The van der Waals surface area contributed by atoms with E-state index in [0.717, 1.165) is 6.26 Å². The number of rotatable bonds is 5. The van der Waals surface area contributed by atoms with Gasteiger partial charge in [0.1, 0.15) is 5.82 Å². The van der Waals surface area contributed by atoms with E-state index in [0.29, 0.717) is 29.0 Å². The summed E-state index contributed by atoms with van der Waals surface area (Å²) in [5.41, 5.74) is 1.89. The highest BCUT2D eigenvalue weighted by molar-refractivity contribution is 7.85. The van der Waals surface area contributed by atoms with Crippen LogP contribution in [0.1, 0.15) is 26.3 Å². The summed E-state index contributed by atoms with van der Waals surface area (Å²) in [5.74, 6) is -0.501. The van der Waals surface area contributed by atoms with E-state index in [2.05, 4.69) is 4.98 Å². The Balaban J connectivity index is 2.07. The molecular weight excluding hydrogens is 397 g/mol. The molecule has 0 N–H and O–H groups in total. The number of pyridine rings is 1. The highest BCUT2D eigenvalue weighted by atomic mass is 32.2. The van der Waals surface area contributed by atoms with Gasteiger partial charge in [0.2, 0.25) is 0 Å². The molecule has 7 nitrogen and oxygen atoms in total. The first-order valence-electron chi connectivity index (χ1n) is 9.05. The lowest BCUT2D eigenvalue weighted by molar-refractivity contribution is 0.311. The van der Waals surface area contributed by atoms with E-state index in [1.54, 1.807) is 23.7 Å². The van der Waals surface area contributed by atoms with Crippen molar-refractivity contribution >= 4 is 21.3 Å². The Morgan fingerprint density at radius 2 is 1.86 bits per heavy atom. The maximum atomic E-state index is 14.5. The van der Waals surface area contributed by atoms with Gasteiger partial charge in [-0.25, -0.2) is 14.2 Å². The van der Waals surface area contributed by atoms with Crippen LogP contribution in [0, 0.1) is 11.2 Å². The number of aromatic nitrogens is 3. The van der Waals surface area contributed by atoms with Gasteiger partial charge in [0.05, 0.1) is 24.1 Å². The van der Waals surface area contributed by atoms with E-state index in [1.807, 2.05) is 20.8 Å². The van der Waals surface area contributed by atoms with Crippen LogP contribution in [0.4, 0.5) is 4.39 Å². The molecule has 0 bridgehead atoms. The molecule has 0 saturated heterocycles. The van der Waals surface area contributed by atoms with Crippen molar-refractivity contribution in [3.8, 4) is 11.3 Å². The molecule has 9 heteroatoms. The fraction of sp³-hybridized carbons (Fsp3) is 0.400. The van der Waals surface area contributed by atoms with Crippen LogP contribution in [0.25, 0.3) is 22.4 Å². The van der Waals surface area contributed by atoms with Crippen molar-refractivity contribution in [3.63, 3.8) is 0 Å². The number of fused-ring (bicyclic) bond motifs is 1. The predicted octanol–water partition coefficient (Wildman–Crippen LogP) is 3.06. The minimum Gasteiger partial charge on any atom is -0.290 e. The molecule has 2 aromatic heterocycles. The molecule has 29 heavy (non-hydrogen) atoms. The fourth-order valence-electron chi connectivity index (χ4n) is 3.08. The van der Waals surface area contributed by atoms with Gasteiger partial charge in [0, 0.05) is 19.2 Å². The first-order valence-corrected chi connectivity index (χ1v) is 10.9. The van der Waals surface area contributed by atoms with Crippen molar-refractivity contribution in [2.45, 2.75) is 33.9 Å². The molecule has 2 heterocycles. The van der Waals surface area contributed by atoms with Crippen molar-refractivity contribution in [2.24, 2.45) is 12.5 Å². The molecule has 0 aliphatic carbocycles. The summed E-state index contributed by atoms with van der Waals surface area (Å²) in [6, 6.07) is 7.60. The molecule has 0 aliphatic rings. The second-order valence-electron chi connectivity index (χ2n) is 8.31. The molecule has 0 atom stereocenters. The second-order valence-corrected chi connectivity index (χ2v) is 9.95. The molecule has 0 radical (unpaired) electrons. The minimum atomic E-state index is -3.61. The summed E-state index contributed by atoms with van der Waals surface area (Å²) in [6.45, 7) is 6.45. The number of nitrogens with zero attached hydrogens (tertiary/aromatic N) is 3. The number of aryl methyl sites for hydroxylation is 1. The lowest BCUT2D eigenvalue weighted by Gasteiger charge is -2.18. The Kier molecular flexibility index (Phi) is 5.40. The van der Waals surface area contributed by atoms with E-state index in [4.69, 9.17) is 4.18 Å². The highest BCUT2D eigenvalue weighted by Crippen LogP contribution is 2.26. The topological polar surface area (TPSA) is 83.2 Å². The lowest BCUT2D eigenvalue weighted by Crippen LogP contribution is -2.27. The Morgan fingerprint density at radius 3 is 2.48 bits per heavy atom. The van der Waals surface area contributed by atoms with Crippen LogP contribution in [0.15, 0.2) is 35.1 Å². The maximum Gasteiger partial charge on any atom is 0.330 e. The van der Waals surface area contributed by atoms with Gasteiger partial charge in [0.15, 0.2) is 5.65 Å². The summed E-state index contributed by atoms with van der Waals surface area (Å²) < 4.78 is 44.8. The summed E-state index contributed by atoms with van der Waals surface area (Å²) in [4.78, 5) is 17.2. The van der Waals surface area contributed by atoms with Gasteiger partial charge in [0.25, 0.3) is 10.1 Å². The average molecular weight is 421 g/mol. The quantitative estimate of drug-likeness (QED) is 0.591. The smallest absolute Gasteiger partial charge is 0.290 e. The highest BCUT2D eigenvalue weighted by Gasteiger charge is 2.19. The predicted molar refractivity (Wildman–Crippen MR) is 109 cm³/mol. The lowest BCUT2D eigenvalue weighted by atomic mass is 9.97. The Hall–Kier alpha value is -2.52. The molecule has 0 saturated carbocycles. The van der Waals surface area contributed by atoms with Crippen LogP contribution in [0.2, 0.25) is 0 Å². The van der Waals surface area contributed by atoms with Gasteiger partial charge in [-0.05, 0) is 35.2 Å². The first kappa shape index (κ1) is 21.2. The third-order valence-corrected chi connectivity index (χ3v) is 4.91. The van der Waals surface area contributed by atoms with Crippen LogP contribution in [0.3, 0.4) is 0 Å². The molecule has 3 rings (SSSR count). The molecule has 0 fully saturated rings. The Bertz CT molecular complexity index is 1240. The Morgan fingerprint density at radius 1 is 1.17 bits per heavy atom. The molecule has 1 aromatic carbocycles. The van der Waals surface area contributed by atoms with Gasteiger partial charge < -0.3 is 0 Å². The molecule has 0 aliphatic heterocycles. The average Bonchev–Trinajstić information content (AvgIpc) is 2.83. The zero-order valence-corrected chi connectivity index (χ0v) is 17.9. The van der Waals surface area contributed by atoms with Gasteiger partial charge >= 0.3 is 5.69 Å². The van der Waals surface area contributed by atoms with Gasteiger partial charge in [-0.3, -0.25) is 13.3 Å². The maximum absolute atomic E-state index is 14.5. The van der Waals surface area contributed by atoms with E-state index in [1.165, 1.54) is 22.8 Å². The van der Waals surface area contributed by atoms with Crippen molar-refractivity contribution in [1.29, 1.82) is 0 Å². The summed E-state index contributed by atoms with van der Waals surface area (Å²) >= 11 is 0. The molecule has 3 aromatic rings. The molecule has 0 spiro atoms. The molecule has 0 amide bonds. The van der Waals surface area contributed by atoms with Crippen molar-refractivity contribution in [1.82, 2.24) is 14.1 Å². The van der Waals surface area contributed by atoms with Crippen LogP contribution in [-0.2, 0) is 34.5 Å². The van der Waals surface area contributed by atoms with Crippen LogP contribution in [0.5, 0.6) is 0 Å². The molecule has 156 valence electrons. The Labute approximate surface area is 168 Å². The zero-order chi connectivity index (χ0) is 21.6. The number of benzene rings is 1. The van der Waals surface area contributed by atoms with E-state index in [-0.39, 0.29) is 23.3 Å². The van der Waals surface area contributed by atoms with Crippen LogP contribution in [-0.4, -0.2) is 28.8 Å². The summed E-state index contributed by atoms with van der Waals surface area (Å²) in [7, 11) is -1.98. The zero-order valence-electron chi connectivity index (χ0n) is 17.1. The summed E-state index contributed by atoms with van der Waals surface area (Å²) in [6.07, 6.45) is 0.954. The molecular formula is C20H24FN3O4S. The minimum absolute atomic E-state index is 0.100. The fourth-order valence-corrected chi connectivity index (χ4v) is 3.43. The third-order valence-electron chi connectivity index (χ3n) is 4.36. The van der Waals surface area contributed by atoms with Gasteiger partial charge in [-0.1, -0.05) is 26.8 Å². The van der Waals surface area contributed by atoms with E-state index >= 15 is 0 Å². The number of hydrogen-bond donors (Lipinski definition) is 0. The standard InChI is InChI=1S/C20H24FN3O4S/c1-20(2,3)12-24-17-9-8-16(22-18(17)23(4)19(24)25)14-10-13(6-7-15(14)21)11-28-29(5,26)27/h6-10H,11-12H2,1-5H3. The largest absolute Gasteiger partial charge is 0.330 e. The van der Waals surface area contributed by atoms with Crippen molar-refractivity contribution < 1.29 is 17.0 Å². The van der Waals surface area contributed by atoms with Gasteiger partial charge in [-0.15, -0.1) is 0 Å². The van der Waals surface area contributed by atoms with Crippen LogP contribution < -0.4 is 5.69 Å². The number of hydrogen-bond acceptors (Lipinski definition) is 5. The number of imidazole rings is 1. The molecule has 0 unspecified atom stereocenters. The third kappa shape index (κ3) is 4.73. The van der Waals surface area contributed by atoms with Gasteiger partial charge in [-0.2, -0.15) is 8.42 Å². The monoisotopic (exact) mass is 421 g/mol. The van der Waals surface area contributed by atoms with E-state index in [9.17, 15) is 17.6 Å². The SMILES string of the molecule is Cn1c(=O)n(CC(C)(C)C)c2ccc(-c3cc(COS(C)(=O)=O)ccc3F)nc21. The number of halogens is 1.